The Labute approximate surface area is 108 Å². The van der Waals surface area contributed by atoms with Crippen LogP contribution in [0.2, 0.25) is 0 Å². The molecular formula is C12H23N3O3. The van der Waals surface area contributed by atoms with Gasteiger partial charge in [-0.1, -0.05) is 0 Å². The van der Waals surface area contributed by atoms with E-state index < -0.39 is 5.97 Å². The van der Waals surface area contributed by atoms with Gasteiger partial charge in [-0.25, -0.2) is 4.79 Å². The van der Waals surface area contributed by atoms with E-state index in [4.69, 9.17) is 5.11 Å². The number of carboxylic acid groups (broad SMARTS) is 1. The van der Waals surface area contributed by atoms with Crippen LogP contribution in [0.1, 0.15) is 32.6 Å². The summed E-state index contributed by atoms with van der Waals surface area (Å²) in [6.07, 6.45) is 3.05. The minimum Gasteiger partial charge on any atom is -0.481 e. The van der Waals surface area contributed by atoms with Gasteiger partial charge in [0.25, 0.3) is 0 Å². The van der Waals surface area contributed by atoms with Gasteiger partial charge in [0, 0.05) is 31.6 Å². The molecule has 0 bridgehead atoms. The average Bonchev–Trinajstić information content (AvgIpc) is 3.14. The van der Waals surface area contributed by atoms with Gasteiger partial charge in [-0.15, -0.1) is 0 Å². The van der Waals surface area contributed by atoms with Crippen LogP contribution in [-0.4, -0.2) is 54.2 Å². The highest BCUT2D eigenvalue weighted by atomic mass is 16.4. The second-order valence-corrected chi connectivity index (χ2v) is 4.88. The summed E-state index contributed by atoms with van der Waals surface area (Å²) < 4.78 is 0. The number of nitrogens with one attached hydrogen (secondary N) is 2. The van der Waals surface area contributed by atoms with E-state index in [1.54, 1.807) is 0 Å². The van der Waals surface area contributed by atoms with Crippen molar-refractivity contribution >= 4 is 12.0 Å². The van der Waals surface area contributed by atoms with Gasteiger partial charge in [-0.3, -0.25) is 9.69 Å². The van der Waals surface area contributed by atoms with E-state index in [9.17, 15) is 9.59 Å². The zero-order valence-corrected chi connectivity index (χ0v) is 11.1. The number of amides is 2. The Morgan fingerprint density at radius 1 is 1.39 bits per heavy atom. The molecule has 0 aromatic rings. The van der Waals surface area contributed by atoms with Crippen molar-refractivity contribution in [3.63, 3.8) is 0 Å². The molecule has 1 unspecified atom stereocenters. The van der Waals surface area contributed by atoms with E-state index in [0.717, 1.165) is 0 Å². The molecule has 1 aliphatic carbocycles. The Morgan fingerprint density at radius 2 is 2.06 bits per heavy atom. The van der Waals surface area contributed by atoms with Crippen molar-refractivity contribution < 1.29 is 14.7 Å². The molecule has 0 spiro atoms. The Kier molecular flexibility index (Phi) is 5.91. The molecule has 1 rings (SSSR count). The van der Waals surface area contributed by atoms with Crippen LogP contribution in [0.5, 0.6) is 0 Å². The number of carbonyl (C=O) groups is 2. The van der Waals surface area contributed by atoms with Crippen molar-refractivity contribution in [1.82, 2.24) is 15.5 Å². The number of likely N-dealkylation sites (N-methyl/N-ethyl adjacent to an activating group) is 1. The largest absolute Gasteiger partial charge is 0.481 e. The predicted octanol–water partition coefficient (Wildman–Crippen LogP) is 0.633. The fourth-order valence-corrected chi connectivity index (χ4v) is 1.73. The van der Waals surface area contributed by atoms with Crippen molar-refractivity contribution in [2.75, 3.05) is 20.1 Å². The maximum Gasteiger partial charge on any atom is 0.314 e. The molecule has 0 saturated heterocycles. The Morgan fingerprint density at radius 3 is 2.61 bits per heavy atom. The first kappa shape index (κ1) is 14.8. The van der Waals surface area contributed by atoms with Crippen molar-refractivity contribution in [3.8, 4) is 0 Å². The van der Waals surface area contributed by atoms with Crippen LogP contribution in [0.25, 0.3) is 0 Å². The van der Waals surface area contributed by atoms with Gasteiger partial charge < -0.3 is 15.7 Å². The Hall–Kier alpha value is -1.30. The van der Waals surface area contributed by atoms with E-state index >= 15 is 0 Å². The highest BCUT2D eigenvalue weighted by Gasteiger charge is 2.28. The third-order valence-corrected chi connectivity index (χ3v) is 3.23. The van der Waals surface area contributed by atoms with Gasteiger partial charge in [0.05, 0.1) is 0 Å². The molecule has 1 aliphatic rings. The lowest BCUT2D eigenvalue weighted by atomic mass is 10.3. The lowest BCUT2D eigenvalue weighted by Crippen LogP contribution is -2.44. The van der Waals surface area contributed by atoms with Gasteiger partial charge in [0.2, 0.25) is 0 Å². The van der Waals surface area contributed by atoms with E-state index in [1.807, 2.05) is 0 Å². The van der Waals surface area contributed by atoms with Gasteiger partial charge in [0.15, 0.2) is 0 Å². The number of carbonyl (C=O) groups excluding carboxylic acids is 1. The molecule has 1 fully saturated rings. The molecule has 1 saturated carbocycles. The highest BCUT2D eigenvalue weighted by Crippen LogP contribution is 2.26. The van der Waals surface area contributed by atoms with E-state index in [0.29, 0.717) is 31.6 Å². The third kappa shape index (κ3) is 5.86. The normalized spacial score (nSPS) is 16.4. The van der Waals surface area contributed by atoms with Crippen LogP contribution < -0.4 is 10.6 Å². The lowest BCUT2D eigenvalue weighted by molar-refractivity contribution is -0.137. The predicted molar refractivity (Wildman–Crippen MR) is 68.5 cm³/mol. The number of nitrogens with zero attached hydrogens (tertiary/aromatic N) is 1. The Balaban J connectivity index is 2.03. The van der Waals surface area contributed by atoms with E-state index in [2.05, 4.69) is 29.5 Å². The smallest absolute Gasteiger partial charge is 0.314 e. The zero-order valence-electron chi connectivity index (χ0n) is 11.1. The summed E-state index contributed by atoms with van der Waals surface area (Å²) in [4.78, 5) is 24.0. The van der Waals surface area contributed by atoms with Gasteiger partial charge in [0.1, 0.15) is 0 Å². The minimum absolute atomic E-state index is 0.0844. The van der Waals surface area contributed by atoms with Crippen LogP contribution in [0.3, 0.4) is 0 Å². The Bertz CT molecular complexity index is 292. The maximum absolute atomic E-state index is 11.4. The topological polar surface area (TPSA) is 81.7 Å². The molecule has 1 atom stereocenters. The fraction of sp³-hybridized carbons (Fsp3) is 0.833. The van der Waals surface area contributed by atoms with Crippen LogP contribution in [0.15, 0.2) is 0 Å². The quantitative estimate of drug-likeness (QED) is 0.557. The molecule has 0 aliphatic heterocycles. The maximum atomic E-state index is 11.4. The molecule has 104 valence electrons. The molecule has 0 heterocycles. The van der Waals surface area contributed by atoms with Crippen molar-refractivity contribution in [2.24, 2.45) is 0 Å². The first-order chi connectivity index (χ1) is 8.50. The second kappa shape index (κ2) is 7.20. The SMILES string of the molecule is CC(CNC(=O)NCCCC(=O)O)N(C)C1CC1. The number of hydrogen-bond acceptors (Lipinski definition) is 3. The van der Waals surface area contributed by atoms with Crippen LogP contribution in [0, 0.1) is 0 Å². The number of rotatable bonds is 8. The first-order valence-electron chi connectivity index (χ1n) is 6.46. The zero-order chi connectivity index (χ0) is 13.5. The highest BCUT2D eigenvalue weighted by molar-refractivity contribution is 5.73. The third-order valence-electron chi connectivity index (χ3n) is 3.23. The summed E-state index contributed by atoms with van der Waals surface area (Å²) in [7, 11) is 2.08. The minimum atomic E-state index is -0.836. The molecule has 0 aromatic carbocycles. The van der Waals surface area contributed by atoms with Gasteiger partial charge >= 0.3 is 12.0 Å². The first-order valence-corrected chi connectivity index (χ1v) is 6.46. The van der Waals surface area contributed by atoms with Crippen molar-refractivity contribution in [3.05, 3.63) is 0 Å². The molecule has 3 N–H and O–H groups in total. The average molecular weight is 257 g/mol. The van der Waals surface area contributed by atoms with Crippen molar-refractivity contribution in [1.29, 1.82) is 0 Å². The van der Waals surface area contributed by atoms with E-state index in [-0.39, 0.29) is 12.5 Å². The summed E-state index contributed by atoms with van der Waals surface area (Å²) in [6.45, 7) is 3.09. The summed E-state index contributed by atoms with van der Waals surface area (Å²) in [5.74, 6) is -0.836. The number of hydrogen-bond donors (Lipinski definition) is 3. The second-order valence-electron chi connectivity index (χ2n) is 4.88. The molecule has 18 heavy (non-hydrogen) atoms. The van der Waals surface area contributed by atoms with E-state index in [1.165, 1.54) is 12.8 Å². The van der Waals surface area contributed by atoms with Crippen molar-refractivity contribution in [2.45, 2.75) is 44.7 Å². The summed E-state index contributed by atoms with van der Waals surface area (Å²) in [6, 6.07) is 0.777. The molecule has 0 aromatic heterocycles. The molecular weight excluding hydrogens is 234 g/mol. The fourth-order valence-electron chi connectivity index (χ4n) is 1.73. The molecule has 6 nitrogen and oxygen atoms in total. The van der Waals surface area contributed by atoms with Gasteiger partial charge in [-0.2, -0.15) is 0 Å². The molecule has 2 amide bonds. The number of urea groups is 1. The number of carboxylic acids is 1. The van der Waals surface area contributed by atoms with Crippen LogP contribution in [0.4, 0.5) is 4.79 Å². The summed E-state index contributed by atoms with van der Waals surface area (Å²) in [5, 5.41) is 13.9. The standard InChI is InChI=1S/C12H23N3O3/c1-9(15(2)10-5-6-10)8-14-12(18)13-7-3-4-11(16)17/h9-10H,3-8H2,1-2H3,(H,16,17)(H2,13,14,18). The van der Waals surface area contributed by atoms with Crippen LogP contribution in [-0.2, 0) is 4.79 Å². The monoisotopic (exact) mass is 257 g/mol. The molecule has 0 radical (unpaired) electrons. The lowest BCUT2D eigenvalue weighted by Gasteiger charge is -2.24. The van der Waals surface area contributed by atoms with Crippen LogP contribution >= 0.6 is 0 Å². The van der Waals surface area contributed by atoms with Gasteiger partial charge in [-0.05, 0) is 33.2 Å². The number of aliphatic carboxylic acids is 1. The summed E-state index contributed by atoms with van der Waals surface area (Å²) in [5.41, 5.74) is 0. The molecule has 6 heteroatoms. The summed E-state index contributed by atoms with van der Waals surface area (Å²) >= 11 is 0.